The van der Waals surface area contributed by atoms with Crippen molar-refractivity contribution in [2.75, 3.05) is 12.3 Å². The van der Waals surface area contributed by atoms with Crippen molar-refractivity contribution in [3.05, 3.63) is 71.0 Å². The number of aryl methyl sites for hydroxylation is 2. The molecule has 1 amide bonds. The minimum Gasteiger partial charge on any atom is -0.485 e. The van der Waals surface area contributed by atoms with E-state index in [1.807, 2.05) is 55.7 Å². The molecule has 6 nitrogen and oxygen atoms in total. The van der Waals surface area contributed by atoms with Crippen molar-refractivity contribution in [1.82, 2.24) is 20.1 Å². The summed E-state index contributed by atoms with van der Waals surface area (Å²) < 4.78 is 7.96. The summed E-state index contributed by atoms with van der Waals surface area (Å²) in [5.74, 6) is 1.91. The minimum atomic E-state index is -0.00484. The molecule has 0 unspecified atom stereocenters. The van der Waals surface area contributed by atoms with Gasteiger partial charge in [0.05, 0.1) is 5.75 Å². The minimum absolute atomic E-state index is 0.00484. The molecule has 7 heteroatoms. The first-order chi connectivity index (χ1) is 14.6. The number of nitrogens with zero attached hydrogens (tertiary/aromatic N) is 3. The first kappa shape index (κ1) is 21.9. The van der Waals surface area contributed by atoms with Crippen LogP contribution in [0.2, 0.25) is 0 Å². The fraction of sp³-hybridized carbons (Fsp3) is 0.348. The van der Waals surface area contributed by atoms with Gasteiger partial charge in [-0.2, -0.15) is 0 Å². The molecular formula is C23H28N4O2S. The quantitative estimate of drug-likeness (QED) is 0.499. The largest absolute Gasteiger partial charge is 0.485 e. The summed E-state index contributed by atoms with van der Waals surface area (Å²) in [4.78, 5) is 12.2. The van der Waals surface area contributed by atoms with Crippen molar-refractivity contribution >= 4 is 17.7 Å². The number of rotatable bonds is 10. The summed E-state index contributed by atoms with van der Waals surface area (Å²) in [5, 5.41) is 12.2. The van der Waals surface area contributed by atoms with Crippen LogP contribution in [0.25, 0.3) is 0 Å². The van der Waals surface area contributed by atoms with Gasteiger partial charge < -0.3 is 14.6 Å². The summed E-state index contributed by atoms with van der Waals surface area (Å²) in [6.45, 7) is 7.79. The molecule has 0 fully saturated rings. The summed E-state index contributed by atoms with van der Waals surface area (Å²) in [6.07, 6.45) is 0.822. The van der Waals surface area contributed by atoms with Crippen molar-refractivity contribution < 1.29 is 9.53 Å². The van der Waals surface area contributed by atoms with Crippen LogP contribution in [0.4, 0.5) is 0 Å². The van der Waals surface area contributed by atoms with E-state index >= 15 is 0 Å². The molecule has 0 aliphatic rings. The summed E-state index contributed by atoms with van der Waals surface area (Å²) >= 11 is 1.40. The smallest absolute Gasteiger partial charge is 0.230 e. The average molecular weight is 425 g/mol. The number of carbonyl (C=O) groups is 1. The number of amides is 1. The number of ether oxygens (including phenoxy) is 1. The molecule has 2 aromatic carbocycles. The lowest BCUT2D eigenvalue weighted by Crippen LogP contribution is -2.27. The Morgan fingerprint density at radius 1 is 1.13 bits per heavy atom. The number of nitrogens with one attached hydrogen (secondary N) is 1. The predicted octanol–water partition coefficient (Wildman–Crippen LogP) is 3.94. The van der Waals surface area contributed by atoms with E-state index in [-0.39, 0.29) is 5.91 Å². The Bertz CT molecular complexity index is 973. The van der Waals surface area contributed by atoms with Crippen molar-refractivity contribution in [2.45, 2.75) is 45.5 Å². The zero-order valence-electron chi connectivity index (χ0n) is 17.7. The molecule has 0 aliphatic heterocycles. The van der Waals surface area contributed by atoms with Crippen LogP contribution in [0.1, 0.15) is 29.4 Å². The Hall–Kier alpha value is -2.80. The number of thioether (sulfide) groups is 1. The van der Waals surface area contributed by atoms with E-state index in [1.165, 1.54) is 17.3 Å². The average Bonchev–Trinajstić information content (AvgIpc) is 3.15. The van der Waals surface area contributed by atoms with Gasteiger partial charge in [0.1, 0.15) is 12.4 Å². The Kier molecular flexibility index (Phi) is 7.90. The second-order valence-corrected chi connectivity index (χ2v) is 8.02. The SMILES string of the molecule is CCn1c(COc2cc(C)ccc2C)nnc1SCC(=O)NCCc1ccccc1. The number of hydrogen-bond acceptors (Lipinski definition) is 5. The van der Waals surface area contributed by atoms with Crippen LogP contribution in [0.15, 0.2) is 53.7 Å². The van der Waals surface area contributed by atoms with Gasteiger partial charge >= 0.3 is 0 Å². The van der Waals surface area contributed by atoms with E-state index in [9.17, 15) is 4.79 Å². The van der Waals surface area contributed by atoms with Gasteiger partial charge in [-0.25, -0.2) is 0 Å². The van der Waals surface area contributed by atoms with Crippen LogP contribution in [0, 0.1) is 13.8 Å². The van der Waals surface area contributed by atoms with Gasteiger partial charge in [0.25, 0.3) is 0 Å². The first-order valence-electron chi connectivity index (χ1n) is 10.1. The van der Waals surface area contributed by atoms with Crippen molar-refractivity contribution in [1.29, 1.82) is 0 Å². The summed E-state index contributed by atoms with van der Waals surface area (Å²) in [7, 11) is 0. The van der Waals surface area contributed by atoms with Gasteiger partial charge in [0, 0.05) is 13.1 Å². The highest BCUT2D eigenvalue weighted by molar-refractivity contribution is 7.99. The van der Waals surface area contributed by atoms with Crippen LogP contribution in [-0.4, -0.2) is 33.0 Å². The van der Waals surface area contributed by atoms with Crippen molar-refractivity contribution in [3.63, 3.8) is 0 Å². The van der Waals surface area contributed by atoms with Gasteiger partial charge in [0.15, 0.2) is 11.0 Å². The van der Waals surface area contributed by atoms with E-state index in [1.54, 1.807) is 0 Å². The molecule has 30 heavy (non-hydrogen) atoms. The molecule has 1 N–H and O–H groups in total. The Labute approximate surface area is 182 Å². The summed E-state index contributed by atoms with van der Waals surface area (Å²) in [5.41, 5.74) is 3.46. The molecule has 0 saturated heterocycles. The molecule has 0 radical (unpaired) electrons. The maximum absolute atomic E-state index is 12.2. The third-order valence-electron chi connectivity index (χ3n) is 4.72. The van der Waals surface area contributed by atoms with Gasteiger partial charge in [-0.15, -0.1) is 10.2 Å². The zero-order chi connectivity index (χ0) is 21.3. The highest BCUT2D eigenvalue weighted by atomic mass is 32.2. The molecule has 0 bridgehead atoms. The van der Waals surface area contributed by atoms with Crippen LogP contribution >= 0.6 is 11.8 Å². The third kappa shape index (κ3) is 6.10. The maximum atomic E-state index is 12.2. The first-order valence-corrected chi connectivity index (χ1v) is 11.1. The summed E-state index contributed by atoms with van der Waals surface area (Å²) in [6, 6.07) is 16.3. The molecule has 3 aromatic rings. The van der Waals surface area contributed by atoms with Crippen molar-refractivity contribution in [3.8, 4) is 5.75 Å². The van der Waals surface area contributed by atoms with Crippen LogP contribution in [0.3, 0.4) is 0 Å². The number of carbonyl (C=O) groups excluding carboxylic acids is 1. The van der Waals surface area contributed by atoms with Gasteiger partial charge in [-0.3, -0.25) is 4.79 Å². The molecule has 1 aromatic heterocycles. The third-order valence-corrected chi connectivity index (χ3v) is 5.69. The van der Waals surface area contributed by atoms with E-state index in [4.69, 9.17) is 4.74 Å². The highest BCUT2D eigenvalue weighted by Crippen LogP contribution is 2.22. The monoisotopic (exact) mass is 424 g/mol. The predicted molar refractivity (Wildman–Crippen MR) is 120 cm³/mol. The van der Waals surface area contributed by atoms with E-state index in [0.29, 0.717) is 18.9 Å². The molecule has 3 rings (SSSR count). The van der Waals surface area contributed by atoms with Crippen LogP contribution in [0.5, 0.6) is 5.75 Å². The molecule has 0 atom stereocenters. The topological polar surface area (TPSA) is 69.0 Å². The second-order valence-electron chi connectivity index (χ2n) is 7.07. The lowest BCUT2D eigenvalue weighted by Gasteiger charge is -2.11. The molecule has 0 saturated carbocycles. The maximum Gasteiger partial charge on any atom is 0.230 e. The Morgan fingerprint density at radius 2 is 1.93 bits per heavy atom. The van der Waals surface area contributed by atoms with Crippen LogP contribution in [-0.2, 0) is 24.4 Å². The number of hydrogen-bond donors (Lipinski definition) is 1. The van der Waals surface area contributed by atoms with Crippen molar-refractivity contribution in [2.24, 2.45) is 0 Å². The lowest BCUT2D eigenvalue weighted by atomic mass is 10.1. The van der Waals surface area contributed by atoms with E-state index in [0.717, 1.165) is 40.8 Å². The van der Waals surface area contributed by atoms with E-state index < -0.39 is 0 Å². The zero-order valence-corrected chi connectivity index (χ0v) is 18.5. The highest BCUT2D eigenvalue weighted by Gasteiger charge is 2.14. The fourth-order valence-electron chi connectivity index (χ4n) is 3.03. The Morgan fingerprint density at radius 3 is 2.70 bits per heavy atom. The second kappa shape index (κ2) is 10.8. The number of benzene rings is 2. The van der Waals surface area contributed by atoms with Gasteiger partial charge in [0.2, 0.25) is 5.91 Å². The molecule has 158 valence electrons. The molecule has 1 heterocycles. The van der Waals surface area contributed by atoms with Crippen LogP contribution < -0.4 is 10.1 Å². The molecular weight excluding hydrogens is 396 g/mol. The van der Waals surface area contributed by atoms with Gasteiger partial charge in [-0.1, -0.05) is 54.2 Å². The Balaban J connectivity index is 1.50. The number of aromatic nitrogens is 3. The van der Waals surface area contributed by atoms with E-state index in [2.05, 4.69) is 33.7 Å². The molecule has 0 aliphatic carbocycles. The van der Waals surface area contributed by atoms with Gasteiger partial charge in [-0.05, 0) is 49.9 Å². The normalized spacial score (nSPS) is 10.8. The fourth-order valence-corrected chi connectivity index (χ4v) is 3.88. The lowest BCUT2D eigenvalue weighted by molar-refractivity contribution is -0.118. The standard InChI is InChI=1S/C23H28N4O2S/c1-4-27-21(15-29-20-14-17(2)10-11-18(20)3)25-26-23(27)30-16-22(28)24-13-12-19-8-6-5-7-9-19/h5-11,14H,4,12-13,15-16H2,1-3H3,(H,24,28). The molecule has 0 spiro atoms.